The maximum Gasteiger partial charge on any atom is 0.233 e. The molecule has 4 nitrogen and oxygen atoms in total. The van der Waals surface area contributed by atoms with Crippen LogP contribution in [0.5, 0.6) is 0 Å². The summed E-state index contributed by atoms with van der Waals surface area (Å²) in [6.45, 7) is 8.98. The van der Waals surface area contributed by atoms with Gasteiger partial charge in [0.2, 0.25) is 5.91 Å². The third kappa shape index (κ3) is 10.3. The first-order valence-electron chi connectivity index (χ1n) is 6.96. The van der Waals surface area contributed by atoms with Crippen LogP contribution in [0.3, 0.4) is 0 Å². The van der Waals surface area contributed by atoms with Crippen molar-refractivity contribution in [1.29, 1.82) is 0 Å². The minimum atomic E-state index is 0. The van der Waals surface area contributed by atoms with Crippen LogP contribution in [0.15, 0.2) is 0 Å². The number of unbranched alkanes of at least 4 members (excludes halogenated alkanes) is 2. The van der Waals surface area contributed by atoms with Crippen molar-refractivity contribution < 1.29 is 12.4 Å². The molecule has 0 aliphatic rings. The molecule has 1 amide bonds. The molecule has 0 atom stereocenters. The van der Waals surface area contributed by atoms with E-state index in [0.717, 1.165) is 19.3 Å². The first kappa shape index (κ1) is 17.1. The van der Waals surface area contributed by atoms with Crippen molar-refractivity contribution in [3.8, 4) is 0 Å². The molecule has 0 aliphatic carbocycles. The molecule has 0 aromatic heterocycles. The molecule has 0 unspecified atom stereocenters. The monoisotopic (exact) mass is 260 g/mol. The zero-order valence-corrected chi connectivity index (χ0v) is 12.2. The van der Waals surface area contributed by atoms with E-state index in [0.29, 0.717) is 31.3 Å². The highest BCUT2D eigenvalue weighted by molar-refractivity contribution is 5.80. The van der Waals surface area contributed by atoms with Gasteiger partial charge in [-0.05, 0) is 12.8 Å². The number of hydrogen-bond donors (Lipinski definition) is 2. The van der Waals surface area contributed by atoms with Crippen molar-refractivity contribution in [2.45, 2.75) is 59.4 Å². The molecule has 0 saturated heterocycles. The van der Waals surface area contributed by atoms with Crippen molar-refractivity contribution in [3.05, 3.63) is 0 Å². The summed E-state index contributed by atoms with van der Waals surface area (Å²) >= 11 is 0. The number of ketones is 1. The number of rotatable bonds is 10. The second kappa shape index (κ2) is 10.1. The van der Waals surface area contributed by atoms with Gasteiger partial charge >= 0.3 is 0 Å². The largest absolute Gasteiger partial charge is 0.355 e. The Morgan fingerprint density at radius 1 is 1.06 bits per heavy atom. The summed E-state index contributed by atoms with van der Waals surface area (Å²) in [4.78, 5) is 22.7. The Kier molecular flexibility index (Phi) is 9.56. The van der Waals surface area contributed by atoms with Crippen LogP contribution < -0.4 is 10.6 Å². The lowest BCUT2D eigenvalue weighted by molar-refractivity contribution is -0.122. The second-order valence-corrected chi connectivity index (χ2v) is 5.32. The van der Waals surface area contributed by atoms with Gasteiger partial charge in [0.15, 0.2) is 0 Å². The normalized spacial score (nSPS) is 11.0. The lowest BCUT2D eigenvalue weighted by atomic mass is 10.0. The van der Waals surface area contributed by atoms with Gasteiger partial charge in [-0.15, -0.1) is 0 Å². The van der Waals surface area contributed by atoms with Crippen LogP contribution in [-0.4, -0.2) is 30.8 Å². The van der Waals surface area contributed by atoms with Crippen LogP contribution >= 0.6 is 0 Å². The summed E-state index contributed by atoms with van der Waals surface area (Å²) < 4.78 is 0. The van der Waals surface area contributed by atoms with Gasteiger partial charge in [0, 0.05) is 27.8 Å². The highest BCUT2D eigenvalue weighted by Crippen LogP contribution is 2.05. The lowest BCUT2D eigenvalue weighted by Gasteiger charge is -2.08. The van der Waals surface area contributed by atoms with E-state index < -0.39 is 0 Å². The van der Waals surface area contributed by atoms with Gasteiger partial charge in [-0.2, -0.15) is 0 Å². The molecule has 110 valence electrons. The average Bonchev–Trinajstić information content (AvgIpc) is 2.30. The summed E-state index contributed by atoms with van der Waals surface area (Å²) in [6.07, 6.45) is 3.53. The molecule has 4 heteroatoms. The molecule has 0 aromatic carbocycles. The molecule has 0 rings (SSSR count). The van der Waals surface area contributed by atoms with Crippen LogP contribution in [0.25, 0.3) is 0 Å². The quantitative estimate of drug-likeness (QED) is 0.593. The fourth-order valence-corrected chi connectivity index (χ4v) is 1.48. The van der Waals surface area contributed by atoms with Crippen molar-refractivity contribution in [3.63, 3.8) is 0 Å². The van der Waals surface area contributed by atoms with Gasteiger partial charge in [-0.25, -0.2) is 0 Å². The lowest BCUT2D eigenvalue weighted by Crippen LogP contribution is -2.37. The SMILES string of the molecule is CC(C)NCC(=O)NCCCCCC(=O)C(C)C.[HH].[HH]. The zero-order chi connectivity index (χ0) is 14.0. The van der Waals surface area contributed by atoms with Crippen molar-refractivity contribution in [2.24, 2.45) is 5.92 Å². The Morgan fingerprint density at radius 2 is 1.72 bits per heavy atom. The van der Waals surface area contributed by atoms with E-state index in [4.69, 9.17) is 0 Å². The molecule has 0 bridgehead atoms. The number of Topliss-reactive ketones (excluding diaryl/α,β-unsaturated/α-hetero) is 1. The van der Waals surface area contributed by atoms with E-state index in [-0.39, 0.29) is 14.7 Å². The Bertz CT molecular complexity index is 260. The molecular formula is C14H32N2O2. The maximum absolute atomic E-state index is 11.4. The van der Waals surface area contributed by atoms with Gasteiger partial charge in [-0.1, -0.05) is 34.1 Å². The van der Waals surface area contributed by atoms with Gasteiger partial charge < -0.3 is 10.6 Å². The van der Waals surface area contributed by atoms with Gasteiger partial charge in [-0.3, -0.25) is 9.59 Å². The smallest absolute Gasteiger partial charge is 0.233 e. The Balaban J connectivity index is -0.00000144. The molecule has 0 aliphatic heterocycles. The molecule has 0 fully saturated rings. The van der Waals surface area contributed by atoms with E-state index in [1.165, 1.54) is 0 Å². The van der Waals surface area contributed by atoms with Crippen LogP contribution in [0.2, 0.25) is 0 Å². The standard InChI is InChI=1S/C14H28N2O2.2H2/c1-11(2)13(17)8-6-5-7-9-15-14(18)10-16-12(3)4;;/h11-12,16H,5-10H2,1-4H3,(H,15,18);2*1H. The molecular weight excluding hydrogens is 228 g/mol. The van der Waals surface area contributed by atoms with Gasteiger partial charge in [0.05, 0.1) is 6.54 Å². The molecule has 0 aromatic rings. The number of carbonyl (C=O) groups is 2. The number of nitrogens with one attached hydrogen (secondary N) is 2. The summed E-state index contributed by atoms with van der Waals surface area (Å²) in [6, 6.07) is 0.331. The fourth-order valence-electron chi connectivity index (χ4n) is 1.48. The topological polar surface area (TPSA) is 58.2 Å². The first-order chi connectivity index (χ1) is 8.43. The van der Waals surface area contributed by atoms with E-state index in [1.807, 2.05) is 27.7 Å². The predicted molar refractivity (Wildman–Crippen MR) is 78.7 cm³/mol. The summed E-state index contributed by atoms with van der Waals surface area (Å²) in [7, 11) is 0. The molecule has 18 heavy (non-hydrogen) atoms. The molecule has 0 radical (unpaired) electrons. The molecule has 0 saturated carbocycles. The second-order valence-electron chi connectivity index (χ2n) is 5.32. The first-order valence-corrected chi connectivity index (χ1v) is 6.96. The molecule has 0 spiro atoms. The number of carbonyl (C=O) groups excluding carboxylic acids is 2. The Morgan fingerprint density at radius 3 is 2.28 bits per heavy atom. The van der Waals surface area contributed by atoms with Crippen molar-refractivity contribution in [2.75, 3.05) is 13.1 Å². The van der Waals surface area contributed by atoms with Crippen LogP contribution in [0.1, 0.15) is 56.2 Å². The van der Waals surface area contributed by atoms with E-state index in [2.05, 4.69) is 10.6 Å². The maximum atomic E-state index is 11.4. The Labute approximate surface area is 114 Å². The minimum absolute atomic E-state index is 0. The zero-order valence-electron chi connectivity index (χ0n) is 12.2. The fraction of sp³-hybridized carbons (Fsp3) is 0.857. The predicted octanol–water partition coefficient (Wildman–Crippen LogP) is 2.38. The highest BCUT2D eigenvalue weighted by atomic mass is 16.2. The minimum Gasteiger partial charge on any atom is -0.355 e. The summed E-state index contributed by atoms with van der Waals surface area (Å²) in [5.41, 5.74) is 0. The third-order valence-corrected chi connectivity index (χ3v) is 2.74. The summed E-state index contributed by atoms with van der Waals surface area (Å²) in [5, 5.41) is 5.93. The molecule has 0 heterocycles. The molecule has 2 N–H and O–H groups in total. The van der Waals surface area contributed by atoms with Crippen molar-refractivity contribution >= 4 is 11.7 Å². The summed E-state index contributed by atoms with van der Waals surface area (Å²) in [5.74, 6) is 0.522. The van der Waals surface area contributed by atoms with Gasteiger partial charge in [0.25, 0.3) is 0 Å². The van der Waals surface area contributed by atoms with Crippen molar-refractivity contribution in [1.82, 2.24) is 10.6 Å². The van der Waals surface area contributed by atoms with E-state index in [1.54, 1.807) is 0 Å². The van der Waals surface area contributed by atoms with Crippen LogP contribution in [-0.2, 0) is 9.59 Å². The van der Waals surface area contributed by atoms with Crippen LogP contribution in [0.4, 0.5) is 0 Å². The Hall–Kier alpha value is -0.900. The third-order valence-electron chi connectivity index (χ3n) is 2.74. The van der Waals surface area contributed by atoms with Crippen LogP contribution in [0, 0.1) is 5.92 Å². The van der Waals surface area contributed by atoms with E-state index in [9.17, 15) is 9.59 Å². The number of hydrogen-bond acceptors (Lipinski definition) is 3. The average molecular weight is 260 g/mol. The number of amides is 1. The van der Waals surface area contributed by atoms with E-state index >= 15 is 0 Å². The highest BCUT2D eigenvalue weighted by Gasteiger charge is 2.06. The van der Waals surface area contributed by atoms with Gasteiger partial charge in [0.1, 0.15) is 5.78 Å².